The molecule has 28 heavy (non-hydrogen) atoms. The van der Waals surface area contributed by atoms with Crippen LogP contribution in [0.3, 0.4) is 0 Å². The highest BCUT2D eigenvalue weighted by atomic mass is 35.5. The largest absolute Gasteiger partial charge is 0.342 e. The van der Waals surface area contributed by atoms with Crippen LogP contribution in [0.25, 0.3) is 17.0 Å². The molecule has 0 fully saturated rings. The van der Waals surface area contributed by atoms with E-state index in [9.17, 15) is 9.59 Å². The maximum atomic E-state index is 12.6. The van der Waals surface area contributed by atoms with Gasteiger partial charge in [0.15, 0.2) is 16.6 Å². The number of nitrogens with zero attached hydrogens (tertiary/aromatic N) is 4. The van der Waals surface area contributed by atoms with Crippen LogP contribution in [-0.4, -0.2) is 49.2 Å². The molecule has 0 radical (unpaired) electrons. The smallest absolute Gasteiger partial charge is 0.266 e. The summed E-state index contributed by atoms with van der Waals surface area (Å²) in [5.41, 5.74) is 0.973. The highest BCUT2D eigenvalue weighted by molar-refractivity contribution is 7.99. The SMILES string of the molecule is CCCN(CCC)C(=O)CSc1nc(-c2ccc(Cl)cc2)nc2cc(=O)[nH]n12. The molecule has 7 nitrogen and oxygen atoms in total. The fraction of sp³-hybridized carbons (Fsp3) is 0.368. The van der Waals surface area contributed by atoms with Crippen molar-refractivity contribution in [2.75, 3.05) is 18.8 Å². The van der Waals surface area contributed by atoms with E-state index >= 15 is 0 Å². The summed E-state index contributed by atoms with van der Waals surface area (Å²) >= 11 is 7.24. The van der Waals surface area contributed by atoms with E-state index in [1.807, 2.05) is 17.0 Å². The lowest BCUT2D eigenvalue weighted by Gasteiger charge is -2.21. The van der Waals surface area contributed by atoms with Crippen molar-refractivity contribution in [3.63, 3.8) is 0 Å². The third-order valence-electron chi connectivity index (χ3n) is 4.09. The number of rotatable bonds is 8. The second kappa shape index (κ2) is 9.25. The van der Waals surface area contributed by atoms with Crippen molar-refractivity contribution in [3.05, 3.63) is 45.7 Å². The molecule has 1 aromatic carbocycles. The number of halogens is 1. The number of nitrogens with one attached hydrogen (secondary N) is 1. The van der Waals surface area contributed by atoms with Crippen molar-refractivity contribution in [1.29, 1.82) is 0 Å². The maximum absolute atomic E-state index is 12.6. The predicted octanol–water partition coefficient (Wildman–Crippen LogP) is 3.48. The molecule has 2 heterocycles. The molecule has 1 amide bonds. The standard InChI is InChI=1S/C19H22ClN5O2S/c1-3-9-24(10-4-2)17(27)12-28-19-22-18(13-5-7-14(20)8-6-13)21-15-11-16(26)23-25(15)19/h5-8,11H,3-4,9-10,12H2,1-2H3,(H,23,26). The van der Waals surface area contributed by atoms with Gasteiger partial charge in [-0.1, -0.05) is 37.2 Å². The normalized spacial score (nSPS) is 11.1. The second-order valence-corrected chi connectivity index (χ2v) is 7.70. The number of amides is 1. The summed E-state index contributed by atoms with van der Waals surface area (Å²) in [6.45, 7) is 5.59. The Morgan fingerprint density at radius 3 is 2.50 bits per heavy atom. The fourth-order valence-corrected chi connectivity index (χ4v) is 3.81. The number of fused-ring (bicyclic) bond motifs is 1. The molecule has 2 aromatic heterocycles. The molecule has 0 unspecified atom stereocenters. The van der Waals surface area contributed by atoms with E-state index in [0.717, 1.165) is 31.5 Å². The molecule has 0 spiro atoms. The van der Waals surface area contributed by atoms with Crippen molar-refractivity contribution in [3.8, 4) is 11.4 Å². The van der Waals surface area contributed by atoms with Crippen LogP contribution < -0.4 is 5.56 Å². The molecule has 0 aliphatic carbocycles. The van der Waals surface area contributed by atoms with Gasteiger partial charge in [0.2, 0.25) is 5.91 Å². The van der Waals surface area contributed by atoms with E-state index in [1.165, 1.54) is 22.3 Å². The first-order valence-electron chi connectivity index (χ1n) is 9.18. The maximum Gasteiger partial charge on any atom is 0.266 e. The number of benzene rings is 1. The van der Waals surface area contributed by atoms with Crippen LogP contribution in [0.5, 0.6) is 0 Å². The minimum atomic E-state index is -0.269. The third kappa shape index (κ3) is 4.74. The van der Waals surface area contributed by atoms with E-state index in [1.54, 1.807) is 12.1 Å². The minimum Gasteiger partial charge on any atom is -0.342 e. The number of carbonyl (C=O) groups excluding carboxylic acids is 1. The lowest BCUT2D eigenvalue weighted by molar-refractivity contribution is -0.128. The summed E-state index contributed by atoms with van der Waals surface area (Å²) in [7, 11) is 0. The lowest BCUT2D eigenvalue weighted by Crippen LogP contribution is -2.33. The van der Waals surface area contributed by atoms with E-state index in [0.29, 0.717) is 21.7 Å². The van der Waals surface area contributed by atoms with Crippen LogP contribution in [0.15, 0.2) is 40.3 Å². The van der Waals surface area contributed by atoms with Crippen LogP contribution in [0.2, 0.25) is 5.02 Å². The highest BCUT2D eigenvalue weighted by Gasteiger charge is 2.16. The second-order valence-electron chi connectivity index (χ2n) is 6.32. The molecule has 0 atom stereocenters. The van der Waals surface area contributed by atoms with E-state index in [2.05, 4.69) is 28.9 Å². The summed E-state index contributed by atoms with van der Waals surface area (Å²) in [5.74, 6) is 0.777. The van der Waals surface area contributed by atoms with Crippen LogP contribution in [-0.2, 0) is 4.79 Å². The average molecular weight is 420 g/mol. The zero-order valence-electron chi connectivity index (χ0n) is 15.8. The molecule has 0 aliphatic rings. The summed E-state index contributed by atoms with van der Waals surface area (Å²) in [6, 6.07) is 8.58. The molecule has 0 aliphatic heterocycles. The Bertz CT molecular complexity index is 1010. The number of thioether (sulfide) groups is 1. The number of hydrogen-bond acceptors (Lipinski definition) is 5. The van der Waals surface area contributed by atoms with Crippen LogP contribution in [0.4, 0.5) is 0 Å². The van der Waals surface area contributed by atoms with Gasteiger partial charge in [-0.3, -0.25) is 14.7 Å². The van der Waals surface area contributed by atoms with Crippen molar-refractivity contribution < 1.29 is 4.79 Å². The first kappa shape index (κ1) is 20.4. The van der Waals surface area contributed by atoms with Gasteiger partial charge in [0, 0.05) is 29.7 Å². The van der Waals surface area contributed by atoms with E-state index in [-0.39, 0.29) is 17.2 Å². The monoisotopic (exact) mass is 419 g/mol. The third-order valence-corrected chi connectivity index (χ3v) is 5.27. The number of hydrogen-bond donors (Lipinski definition) is 1. The first-order valence-corrected chi connectivity index (χ1v) is 10.5. The molecule has 3 aromatic rings. The van der Waals surface area contributed by atoms with Gasteiger partial charge in [-0.2, -0.15) is 0 Å². The summed E-state index contributed by atoms with van der Waals surface area (Å²) in [6.07, 6.45) is 1.83. The fourth-order valence-electron chi connectivity index (χ4n) is 2.83. The van der Waals surface area contributed by atoms with Crippen molar-refractivity contribution in [1.82, 2.24) is 24.5 Å². The molecule has 1 N–H and O–H groups in total. The molecular formula is C19H22ClN5O2S. The number of aromatic nitrogens is 4. The van der Waals surface area contributed by atoms with Crippen molar-refractivity contribution in [2.45, 2.75) is 31.8 Å². The van der Waals surface area contributed by atoms with Gasteiger partial charge in [-0.15, -0.1) is 0 Å². The van der Waals surface area contributed by atoms with Gasteiger partial charge < -0.3 is 4.90 Å². The van der Waals surface area contributed by atoms with Crippen LogP contribution in [0.1, 0.15) is 26.7 Å². The summed E-state index contributed by atoms with van der Waals surface area (Å²) < 4.78 is 1.52. The first-order chi connectivity index (χ1) is 13.5. The molecule has 9 heteroatoms. The van der Waals surface area contributed by atoms with Gasteiger partial charge in [0.25, 0.3) is 5.56 Å². The van der Waals surface area contributed by atoms with Crippen LogP contribution >= 0.6 is 23.4 Å². The topological polar surface area (TPSA) is 83.4 Å². The Labute approximate surface area is 172 Å². The molecule has 3 rings (SSSR count). The van der Waals surface area contributed by atoms with Crippen LogP contribution in [0, 0.1) is 0 Å². The molecule has 0 saturated heterocycles. The summed E-state index contributed by atoms with van der Waals surface area (Å²) in [4.78, 5) is 35.3. The van der Waals surface area contributed by atoms with Gasteiger partial charge in [0.1, 0.15) is 0 Å². The number of aromatic amines is 1. The zero-order chi connectivity index (χ0) is 20.1. The Balaban J connectivity index is 1.90. The van der Waals surface area contributed by atoms with Gasteiger partial charge >= 0.3 is 0 Å². The number of H-pyrrole nitrogens is 1. The van der Waals surface area contributed by atoms with Crippen molar-refractivity contribution in [2.24, 2.45) is 0 Å². The Morgan fingerprint density at radius 2 is 1.86 bits per heavy atom. The van der Waals surface area contributed by atoms with E-state index < -0.39 is 0 Å². The quantitative estimate of drug-likeness (QED) is 0.565. The molecule has 0 bridgehead atoms. The van der Waals surface area contributed by atoms with Gasteiger partial charge in [-0.25, -0.2) is 14.5 Å². The zero-order valence-corrected chi connectivity index (χ0v) is 17.4. The average Bonchev–Trinajstić information content (AvgIpc) is 3.06. The Morgan fingerprint density at radius 1 is 1.18 bits per heavy atom. The van der Waals surface area contributed by atoms with E-state index in [4.69, 9.17) is 11.6 Å². The predicted molar refractivity (Wildman–Crippen MR) is 112 cm³/mol. The molecule has 148 valence electrons. The highest BCUT2D eigenvalue weighted by Crippen LogP contribution is 2.23. The van der Waals surface area contributed by atoms with Gasteiger partial charge in [0.05, 0.1) is 5.75 Å². The lowest BCUT2D eigenvalue weighted by atomic mass is 10.2. The Hall–Kier alpha value is -2.32. The summed E-state index contributed by atoms with van der Waals surface area (Å²) in [5, 5.41) is 3.82. The number of carbonyl (C=O) groups is 1. The van der Waals surface area contributed by atoms with Crippen molar-refractivity contribution >= 4 is 34.9 Å². The molecule has 0 saturated carbocycles. The van der Waals surface area contributed by atoms with Gasteiger partial charge in [-0.05, 0) is 37.1 Å². The minimum absolute atomic E-state index is 0.0583. The molecular weight excluding hydrogens is 398 g/mol. The Kier molecular flexibility index (Phi) is 6.74.